The Kier molecular flexibility index (Phi) is 4.29. The lowest BCUT2D eigenvalue weighted by atomic mass is 9.73. The lowest BCUT2D eigenvalue weighted by Crippen LogP contribution is -2.55. The van der Waals surface area contributed by atoms with Gasteiger partial charge in [0.05, 0.1) is 11.1 Å². The minimum atomic E-state index is -4.43. The summed E-state index contributed by atoms with van der Waals surface area (Å²) < 4.78 is 38.4. The molecule has 2 saturated heterocycles. The minimum Gasteiger partial charge on any atom is -0.350 e. The van der Waals surface area contributed by atoms with Gasteiger partial charge >= 0.3 is 6.18 Å². The Bertz CT molecular complexity index is 709. The number of hydrogen-bond acceptors (Lipinski definition) is 2. The van der Waals surface area contributed by atoms with Crippen LogP contribution in [0.1, 0.15) is 47.7 Å². The Labute approximate surface area is 144 Å². The van der Waals surface area contributed by atoms with Gasteiger partial charge in [-0.15, -0.1) is 0 Å². The van der Waals surface area contributed by atoms with E-state index in [0.29, 0.717) is 18.9 Å². The lowest BCUT2D eigenvalue weighted by Gasteiger charge is -2.42. The highest BCUT2D eigenvalue weighted by Gasteiger charge is 2.57. The van der Waals surface area contributed by atoms with Gasteiger partial charge in [0, 0.05) is 25.1 Å². The second-order valence-electron chi connectivity index (χ2n) is 7.07. The average Bonchev–Trinajstić information content (AvgIpc) is 3.05. The third-order valence-corrected chi connectivity index (χ3v) is 5.33. The van der Waals surface area contributed by atoms with E-state index >= 15 is 0 Å². The molecule has 3 aliphatic rings. The first kappa shape index (κ1) is 17.8. The van der Waals surface area contributed by atoms with Crippen LogP contribution in [0.3, 0.4) is 0 Å². The molecule has 0 spiro atoms. The number of nitrogens with zero attached hydrogens (tertiary/aromatic N) is 1. The van der Waals surface area contributed by atoms with Crippen molar-refractivity contribution in [1.29, 1.82) is 0 Å². The van der Waals surface area contributed by atoms with Crippen molar-refractivity contribution < 1.29 is 22.8 Å². The molecule has 7 heteroatoms. The molecule has 2 aliphatic heterocycles. The van der Waals surface area contributed by atoms with Crippen LogP contribution in [-0.2, 0) is 11.0 Å². The first-order chi connectivity index (χ1) is 11.7. The van der Waals surface area contributed by atoms with E-state index in [2.05, 4.69) is 5.32 Å². The zero-order chi connectivity index (χ0) is 18.4. The van der Waals surface area contributed by atoms with E-state index in [9.17, 15) is 22.8 Å². The first-order valence-electron chi connectivity index (χ1n) is 8.43. The molecule has 136 valence electrons. The first-order valence-corrected chi connectivity index (χ1v) is 8.43. The van der Waals surface area contributed by atoms with Crippen LogP contribution in [0.4, 0.5) is 13.2 Å². The standard InChI is InChI=1S/C18H21F3N2O2/c1-3-15(24)23-9-12-7-17(23,8-12)10-22-16(25)13-4-5-14(11(2)6-13)18(19,20)21/h4-6,12H,3,7-10H2,1-2H3,(H,22,25). The SMILES string of the molecule is CCC(=O)N1CC2CC1(CNC(=O)c1ccc(C(F)(F)F)c(C)c1)C2. The van der Waals surface area contributed by atoms with Crippen molar-refractivity contribution in [3.8, 4) is 0 Å². The third kappa shape index (κ3) is 3.12. The average molecular weight is 354 g/mol. The molecule has 1 aromatic rings. The third-order valence-electron chi connectivity index (χ3n) is 5.33. The Morgan fingerprint density at radius 3 is 2.56 bits per heavy atom. The molecule has 1 saturated carbocycles. The van der Waals surface area contributed by atoms with E-state index in [4.69, 9.17) is 0 Å². The van der Waals surface area contributed by atoms with Gasteiger partial charge in [0.2, 0.25) is 5.91 Å². The van der Waals surface area contributed by atoms with Gasteiger partial charge in [-0.05, 0) is 49.4 Å². The summed E-state index contributed by atoms with van der Waals surface area (Å²) in [5.41, 5.74) is -0.830. The molecule has 1 aliphatic carbocycles. The maximum absolute atomic E-state index is 12.8. The second-order valence-corrected chi connectivity index (χ2v) is 7.07. The highest BCUT2D eigenvalue weighted by molar-refractivity contribution is 5.94. The van der Waals surface area contributed by atoms with Crippen LogP contribution in [0.15, 0.2) is 18.2 Å². The number of carbonyl (C=O) groups excluding carboxylic acids is 2. The van der Waals surface area contributed by atoms with E-state index in [0.717, 1.165) is 25.5 Å². The number of alkyl halides is 3. The van der Waals surface area contributed by atoms with Crippen LogP contribution in [-0.4, -0.2) is 35.3 Å². The number of fused-ring (bicyclic) bond motifs is 1. The number of amides is 2. The number of rotatable bonds is 4. The normalized spacial score (nSPS) is 24.8. The Balaban J connectivity index is 1.67. The fourth-order valence-corrected chi connectivity index (χ4v) is 4.08. The predicted molar refractivity (Wildman–Crippen MR) is 86.0 cm³/mol. The van der Waals surface area contributed by atoms with Crippen molar-refractivity contribution in [2.75, 3.05) is 13.1 Å². The molecule has 0 unspecified atom stereocenters. The fourth-order valence-electron chi connectivity index (χ4n) is 4.08. The smallest absolute Gasteiger partial charge is 0.350 e. The van der Waals surface area contributed by atoms with Gasteiger partial charge < -0.3 is 10.2 Å². The summed E-state index contributed by atoms with van der Waals surface area (Å²) >= 11 is 0. The molecular formula is C18H21F3N2O2. The van der Waals surface area contributed by atoms with E-state index in [1.807, 2.05) is 11.8 Å². The number of aryl methyl sites for hydroxylation is 1. The number of nitrogens with one attached hydrogen (secondary N) is 1. The summed E-state index contributed by atoms with van der Waals surface area (Å²) in [5.74, 6) is 0.172. The molecule has 2 amide bonds. The van der Waals surface area contributed by atoms with Crippen molar-refractivity contribution in [3.05, 3.63) is 34.9 Å². The largest absolute Gasteiger partial charge is 0.416 e. The Morgan fingerprint density at radius 2 is 2.00 bits per heavy atom. The maximum Gasteiger partial charge on any atom is 0.416 e. The van der Waals surface area contributed by atoms with Gasteiger partial charge in [-0.25, -0.2) is 0 Å². The van der Waals surface area contributed by atoms with Crippen LogP contribution in [0.25, 0.3) is 0 Å². The van der Waals surface area contributed by atoms with E-state index in [1.165, 1.54) is 19.1 Å². The van der Waals surface area contributed by atoms with Gasteiger partial charge in [-0.2, -0.15) is 13.2 Å². The molecule has 0 aromatic heterocycles. The van der Waals surface area contributed by atoms with Crippen LogP contribution < -0.4 is 5.32 Å². The maximum atomic E-state index is 12.8. The molecular weight excluding hydrogens is 333 g/mol. The number of carbonyl (C=O) groups is 2. The molecule has 0 atom stereocenters. The highest BCUT2D eigenvalue weighted by Crippen LogP contribution is 2.50. The predicted octanol–water partition coefficient (Wildman–Crippen LogP) is 3.14. The van der Waals surface area contributed by atoms with E-state index in [1.54, 1.807) is 0 Å². The van der Waals surface area contributed by atoms with Gasteiger partial charge in [0.1, 0.15) is 0 Å². The van der Waals surface area contributed by atoms with Crippen LogP contribution in [0.2, 0.25) is 0 Å². The highest BCUT2D eigenvalue weighted by atomic mass is 19.4. The fraction of sp³-hybridized carbons (Fsp3) is 0.556. The molecule has 2 bridgehead atoms. The van der Waals surface area contributed by atoms with Crippen LogP contribution in [0, 0.1) is 12.8 Å². The summed E-state index contributed by atoms with van der Waals surface area (Å²) in [7, 11) is 0. The monoisotopic (exact) mass is 354 g/mol. The summed E-state index contributed by atoms with van der Waals surface area (Å²) in [6.07, 6.45) is -2.24. The summed E-state index contributed by atoms with van der Waals surface area (Å²) in [6.45, 7) is 4.23. The second kappa shape index (κ2) is 6.04. The molecule has 0 radical (unpaired) electrons. The molecule has 4 nitrogen and oxygen atoms in total. The van der Waals surface area contributed by atoms with Crippen molar-refractivity contribution in [3.63, 3.8) is 0 Å². The van der Waals surface area contributed by atoms with Crippen molar-refractivity contribution in [2.45, 2.75) is 44.8 Å². The summed E-state index contributed by atoms with van der Waals surface area (Å²) in [4.78, 5) is 26.2. The molecule has 4 rings (SSSR count). The number of halogens is 3. The molecule has 3 fully saturated rings. The topological polar surface area (TPSA) is 49.4 Å². The summed E-state index contributed by atoms with van der Waals surface area (Å²) in [6, 6.07) is 3.38. The van der Waals surface area contributed by atoms with Crippen LogP contribution in [0.5, 0.6) is 0 Å². The molecule has 1 N–H and O–H groups in total. The molecule has 1 aromatic carbocycles. The zero-order valence-corrected chi connectivity index (χ0v) is 14.2. The molecule has 2 heterocycles. The van der Waals surface area contributed by atoms with E-state index < -0.39 is 17.6 Å². The number of hydrogen-bond donors (Lipinski definition) is 1. The van der Waals surface area contributed by atoms with Crippen LogP contribution >= 0.6 is 0 Å². The zero-order valence-electron chi connectivity index (χ0n) is 14.2. The Morgan fingerprint density at radius 1 is 1.32 bits per heavy atom. The van der Waals surface area contributed by atoms with Gasteiger partial charge in [0.25, 0.3) is 5.91 Å². The van der Waals surface area contributed by atoms with Crippen molar-refractivity contribution in [1.82, 2.24) is 10.2 Å². The van der Waals surface area contributed by atoms with Gasteiger partial charge in [-0.3, -0.25) is 9.59 Å². The minimum absolute atomic E-state index is 0.0191. The van der Waals surface area contributed by atoms with Crippen molar-refractivity contribution in [2.24, 2.45) is 5.92 Å². The van der Waals surface area contributed by atoms with E-state index in [-0.39, 0.29) is 22.6 Å². The van der Waals surface area contributed by atoms with Gasteiger partial charge in [0.15, 0.2) is 0 Å². The lowest BCUT2D eigenvalue weighted by molar-refractivity contribution is -0.138. The number of benzene rings is 1. The van der Waals surface area contributed by atoms with Crippen molar-refractivity contribution >= 4 is 11.8 Å². The van der Waals surface area contributed by atoms with Gasteiger partial charge in [-0.1, -0.05) is 6.92 Å². The Hall–Kier alpha value is -2.05. The molecule has 25 heavy (non-hydrogen) atoms. The summed E-state index contributed by atoms with van der Waals surface area (Å²) in [5, 5.41) is 2.80. The quantitative estimate of drug-likeness (QED) is 0.903.